The Balaban J connectivity index is 1.85. The number of carbonyl (C=O) groups is 2. The van der Waals surface area contributed by atoms with Crippen LogP contribution in [0.5, 0.6) is 0 Å². The lowest BCUT2D eigenvalue weighted by Crippen LogP contribution is -2.45. The van der Waals surface area contributed by atoms with Crippen molar-refractivity contribution >= 4 is 11.8 Å². The van der Waals surface area contributed by atoms with Crippen LogP contribution >= 0.6 is 0 Å². The molecule has 0 aliphatic carbocycles. The Bertz CT molecular complexity index is 834. The van der Waals surface area contributed by atoms with Crippen LogP contribution in [0.4, 0.5) is 0 Å². The number of amides is 2. The zero-order valence-electron chi connectivity index (χ0n) is 16.4. The highest BCUT2D eigenvalue weighted by Crippen LogP contribution is 2.26. The summed E-state index contributed by atoms with van der Waals surface area (Å²) in [4.78, 5) is 26.5. The van der Waals surface area contributed by atoms with E-state index in [1.54, 1.807) is 4.90 Å². The first-order valence-corrected chi connectivity index (χ1v) is 10.0. The topological polar surface area (TPSA) is 69.6 Å². The molecule has 2 aromatic carbocycles. The van der Waals surface area contributed by atoms with Crippen molar-refractivity contribution in [3.63, 3.8) is 0 Å². The van der Waals surface area contributed by atoms with Gasteiger partial charge in [0, 0.05) is 25.1 Å². The molecule has 2 amide bonds. The number of aliphatic hydroxyl groups is 1. The average molecular weight is 380 g/mol. The van der Waals surface area contributed by atoms with Crippen molar-refractivity contribution in [2.24, 2.45) is 0 Å². The maximum absolute atomic E-state index is 13.0. The van der Waals surface area contributed by atoms with Crippen LogP contribution in [0.15, 0.2) is 48.5 Å². The number of carbonyl (C=O) groups excluding carboxylic acids is 2. The zero-order chi connectivity index (χ0) is 19.9. The molecule has 1 aliphatic heterocycles. The molecule has 148 valence electrons. The van der Waals surface area contributed by atoms with Crippen LogP contribution in [0.3, 0.4) is 0 Å². The number of hydrogen-bond acceptors (Lipinski definition) is 3. The summed E-state index contributed by atoms with van der Waals surface area (Å²) < 4.78 is 0. The Morgan fingerprint density at radius 1 is 1.14 bits per heavy atom. The van der Waals surface area contributed by atoms with Gasteiger partial charge in [0.25, 0.3) is 5.91 Å². The summed E-state index contributed by atoms with van der Waals surface area (Å²) in [5.41, 5.74) is 3.60. The van der Waals surface area contributed by atoms with Crippen LogP contribution in [0.25, 0.3) is 11.1 Å². The molecule has 3 rings (SSSR count). The van der Waals surface area contributed by atoms with Gasteiger partial charge in [-0.25, -0.2) is 0 Å². The van der Waals surface area contributed by atoms with Crippen molar-refractivity contribution in [2.75, 3.05) is 13.2 Å². The van der Waals surface area contributed by atoms with Crippen molar-refractivity contribution in [1.29, 1.82) is 0 Å². The van der Waals surface area contributed by atoms with E-state index in [4.69, 9.17) is 0 Å². The molecule has 2 N–H and O–H groups in total. The van der Waals surface area contributed by atoms with E-state index in [1.807, 2.05) is 55.5 Å². The van der Waals surface area contributed by atoms with E-state index in [1.165, 1.54) is 0 Å². The summed E-state index contributed by atoms with van der Waals surface area (Å²) in [6, 6.07) is 15.4. The van der Waals surface area contributed by atoms with Crippen LogP contribution in [-0.4, -0.2) is 41.0 Å². The van der Waals surface area contributed by atoms with Gasteiger partial charge in [-0.15, -0.1) is 0 Å². The molecule has 0 bridgehead atoms. The predicted octanol–water partition coefficient (Wildman–Crippen LogP) is 3.37. The van der Waals surface area contributed by atoms with E-state index >= 15 is 0 Å². The van der Waals surface area contributed by atoms with Gasteiger partial charge in [0.05, 0.1) is 12.6 Å². The fraction of sp³-hybridized carbons (Fsp3) is 0.391. The summed E-state index contributed by atoms with van der Waals surface area (Å²) in [5.74, 6) is -0.0174. The van der Waals surface area contributed by atoms with Gasteiger partial charge < -0.3 is 15.3 Å². The molecule has 0 spiro atoms. The number of piperidine rings is 1. The van der Waals surface area contributed by atoms with Gasteiger partial charge in [-0.3, -0.25) is 9.59 Å². The number of likely N-dealkylation sites (tertiary alicyclic amines) is 1. The third-order valence-corrected chi connectivity index (χ3v) is 5.33. The monoisotopic (exact) mass is 380 g/mol. The van der Waals surface area contributed by atoms with Gasteiger partial charge in [0.1, 0.15) is 0 Å². The number of nitrogens with one attached hydrogen (secondary N) is 1. The van der Waals surface area contributed by atoms with Crippen molar-refractivity contribution in [1.82, 2.24) is 10.2 Å². The van der Waals surface area contributed by atoms with E-state index in [0.717, 1.165) is 36.0 Å². The second-order valence-electron chi connectivity index (χ2n) is 7.20. The smallest absolute Gasteiger partial charge is 0.254 e. The average Bonchev–Trinajstić information content (AvgIpc) is 2.77. The quantitative estimate of drug-likeness (QED) is 0.807. The molecule has 0 aromatic heterocycles. The van der Waals surface area contributed by atoms with Crippen molar-refractivity contribution in [2.45, 2.75) is 45.2 Å². The first kappa shape index (κ1) is 20.1. The van der Waals surface area contributed by atoms with E-state index in [0.29, 0.717) is 25.1 Å². The Hall–Kier alpha value is -2.66. The normalized spacial score (nSPS) is 16.6. The Labute approximate surface area is 166 Å². The van der Waals surface area contributed by atoms with Crippen LogP contribution in [0.2, 0.25) is 0 Å². The van der Waals surface area contributed by atoms with Gasteiger partial charge >= 0.3 is 0 Å². The molecule has 2 aromatic rings. The number of benzene rings is 2. The SMILES string of the molecule is CCC(=O)NCc1ccccc1-c1cccc(C(=O)N2CCCC[C@@H]2CO)c1. The highest BCUT2D eigenvalue weighted by Gasteiger charge is 2.27. The molecule has 5 nitrogen and oxygen atoms in total. The molecule has 1 saturated heterocycles. The Morgan fingerprint density at radius 2 is 1.96 bits per heavy atom. The van der Waals surface area contributed by atoms with Crippen molar-refractivity contribution in [3.8, 4) is 11.1 Å². The molecule has 1 fully saturated rings. The van der Waals surface area contributed by atoms with Gasteiger partial charge in [0.2, 0.25) is 5.91 Å². The molecule has 1 aliphatic rings. The fourth-order valence-corrected chi connectivity index (χ4v) is 3.72. The van der Waals surface area contributed by atoms with E-state index in [9.17, 15) is 14.7 Å². The molecule has 1 heterocycles. The molecule has 0 saturated carbocycles. The molecule has 1 atom stereocenters. The van der Waals surface area contributed by atoms with Crippen LogP contribution < -0.4 is 5.32 Å². The standard InChI is InChI=1S/C23H28N2O3/c1-2-22(27)24-15-19-8-3-4-12-21(19)17-9-7-10-18(14-17)23(28)25-13-6-5-11-20(25)16-26/h3-4,7-10,12,14,20,26H,2,5-6,11,13,15-16H2,1H3,(H,24,27)/t20-/m1/s1. The third kappa shape index (κ3) is 4.60. The van der Waals surface area contributed by atoms with E-state index in [2.05, 4.69) is 5.32 Å². The minimum absolute atomic E-state index is 0.00535. The van der Waals surface area contributed by atoms with Crippen molar-refractivity contribution in [3.05, 3.63) is 59.7 Å². The van der Waals surface area contributed by atoms with E-state index < -0.39 is 0 Å². The molecular weight excluding hydrogens is 352 g/mol. The van der Waals surface area contributed by atoms with Gasteiger partial charge in [-0.2, -0.15) is 0 Å². The molecule has 0 radical (unpaired) electrons. The highest BCUT2D eigenvalue weighted by molar-refractivity contribution is 5.96. The fourth-order valence-electron chi connectivity index (χ4n) is 3.72. The first-order chi connectivity index (χ1) is 13.6. The van der Waals surface area contributed by atoms with Crippen LogP contribution in [0.1, 0.15) is 48.5 Å². The number of nitrogens with zero attached hydrogens (tertiary/aromatic N) is 1. The zero-order valence-corrected chi connectivity index (χ0v) is 16.4. The van der Waals surface area contributed by atoms with Crippen LogP contribution in [-0.2, 0) is 11.3 Å². The third-order valence-electron chi connectivity index (χ3n) is 5.33. The minimum Gasteiger partial charge on any atom is -0.394 e. The predicted molar refractivity (Wildman–Crippen MR) is 110 cm³/mol. The van der Waals surface area contributed by atoms with E-state index in [-0.39, 0.29) is 24.5 Å². The molecule has 28 heavy (non-hydrogen) atoms. The Kier molecular flexibility index (Phi) is 6.82. The van der Waals surface area contributed by atoms with Gasteiger partial charge in [-0.05, 0) is 48.1 Å². The maximum Gasteiger partial charge on any atom is 0.254 e. The Morgan fingerprint density at radius 3 is 2.75 bits per heavy atom. The highest BCUT2D eigenvalue weighted by atomic mass is 16.3. The summed E-state index contributed by atoms with van der Waals surface area (Å²) >= 11 is 0. The second-order valence-corrected chi connectivity index (χ2v) is 7.20. The lowest BCUT2D eigenvalue weighted by Gasteiger charge is -2.34. The summed E-state index contributed by atoms with van der Waals surface area (Å²) in [6.45, 7) is 2.98. The molecule has 0 unspecified atom stereocenters. The number of hydrogen-bond donors (Lipinski definition) is 2. The molecule has 5 heteroatoms. The summed E-state index contributed by atoms with van der Waals surface area (Å²) in [6.07, 6.45) is 3.32. The largest absolute Gasteiger partial charge is 0.394 e. The number of rotatable bonds is 6. The van der Waals surface area contributed by atoms with Crippen LogP contribution in [0, 0.1) is 0 Å². The maximum atomic E-state index is 13.0. The van der Waals surface area contributed by atoms with Gasteiger partial charge in [0.15, 0.2) is 0 Å². The summed E-state index contributed by atoms with van der Waals surface area (Å²) in [5, 5.41) is 12.5. The lowest BCUT2D eigenvalue weighted by molar-refractivity contribution is -0.120. The minimum atomic E-state index is -0.0959. The van der Waals surface area contributed by atoms with Crippen molar-refractivity contribution < 1.29 is 14.7 Å². The first-order valence-electron chi connectivity index (χ1n) is 10.0. The molecular formula is C23H28N2O3. The summed E-state index contributed by atoms with van der Waals surface area (Å²) in [7, 11) is 0. The second kappa shape index (κ2) is 9.51. The number of aliphatic hydroxyl groups excluding tert-OH is 1. The lowest BCUT2D eigenvalue weighted by atomic mass is 9.96. The van der Waals surface area contributed by atoms with Gasteiger partial charge in [-0.1, -0.05) is 43.3 Å².